The molecule has 1 aliphatic rings. The summed E-state index contributed by atoms with van der Waals surface area (Å²) in [5, 5.41) is 4.22. The highest BCUT2D eigenvalue weighted by atomic mass is 79.9. The molecule has 0 radical (unpaired) electrons. The molecule has 54 valence electrons. The average molecular weight is 194 g/mol. The highest BCUT2D eigenvalue weighted by Crippen LogP contribution is 2.04. The van der Waals surface area contributed by atoms with E-state index in [2.05, 4.69) is 28.2 Å². The Morgan fingerprint density at radius 2 is 2.44 bits per heavy atom. The molecule has 1 rings (SSSR count). The van der Waals surface area contributed by atoms with Gasteiger partial charge >= 0.3 is 0 Å². The number of hydrogen-bond acceptors (Lipinski definition) is 2. The Hall–Kier alpha value is 0.400. The van der Waals surface area contributed by atoms with Crippen molar-refractivity contribution < 1.29 is 4.74 Å². The van der Waals surface area contributed by atoms with Crippen LogP contribution in [0.3, 0.4) is 0 Å². The first-order chi connectivity index (χ1) is 4.33. The second-order valence-corrected chi connectivity index (χ2v) is 3.03. The van der Waals surface area contributed by atoms with Crippen LogP contribution in [0.1, 0.15) is 6.92 Å². The van der Waals surface area contributed by atoms with Crippen LogP contribution in [0.25, 0.3) is 0 Å². The topological polar surface area (TPSA) is 21.3 Å². The van der Waals surface area contributed by atoms with E-state index < -0.39 is 0 Å². The third-order valence-electron chi connectivity index (χ3n) is 1.40. The van der Waals surface area contributed by atoms with Crippen LogP contribution in [0.4, 0.5) is 0 Å². The minimum atomic E-state index is 0.369. The van der Waals surface area contributed by atoms with E-state index >= 15 is 0 Å². The van der Waals surface area contributed by atoms with E-state index in [1.165, 1.54) is 0 Å². The quantitative estimate of drug-likeness (QED) is 0.622. The Labute approximate surface area is 64.1 Å². The fraction of sp³-hybridized carbons (Fsp3) is 1.00. The van der Waals surface area contributed by atoms with Gasteiger partial charge < -0.3 is 10.1 Å². The second kappa shape index (κ2) is 3.54. The van der Waals surface area contributed by atoms with Gasteiger partial charge in [0.2, 0.25) is 0 Å². The van der Waals surface area contributed by atoms with Crippen molar-refractivity contribution in [3.8, 4) is 0 Å². The zero-order valence-corrected chi connectivity index (χ0v) is 7.15. The van der Waals surface area contributed by atoms with Gasteiger partial charge in [-0.1, -0.05) is 15.9 Å². The van der Waals surface area contributed by atoms with Crippen LogP contribution >= 0.6 is 15.9 Å². The van der Waals surface area contributed by atoms with Gasteiger partial charge in [-0.15, -0.1) is 0 Å². The van der Waals surface area contributed by atoms with Crippen LogP contribution in [-0.2, 0) is 4.74 Å². The van der Waals surface area contributed by atoms with E-state index in [-0.39, 0.29) is 0 Å². The summed E-state index contributed by atoms with van der Waals surface area (Å²) >= 11 is 3.37. The highest BCUT2D eigenvalue weighted by Gasteiger charge is 2.16. The normalized spacial score (nSPS) is 36.7. The van der Waals surface area contributed by atoms with E-state index in [1.807, 2.05) is 0 Å². The molecule has 0 aromatic heterocycles. The Kier molecular flexibility index (Phi) is 2.95. The molecule has 0 aromatic rings. The fourth-order valence-electron chi connectivity index (χ4n) is 0.963. The standard InChI is InChI=1S/C6H12BrNO/c1-5-3-8-4-6(2-7)9-5/h5-6,8H,2-4H2,1H3. The summed E-state index contributed by atoms with van der Waals surface area (Å²) in [5.74, 6) is 0. The molecular formula is C6H12BrNO. The maximum absolute atomic E-state index is 5.53. The molecule has 1 saturated heterocycles. The van der Waals surface area contributed by atoms with Crippen LogP contribution in [0, 0.1) is 0 Å². The molecule has 2 nitrogen and oxygen atoms in total. The summed E-state index contributed by atoms with van der Waals surface area (Å²) in [6, 6.07) is 0. The predicted molar refractivity (Wildman–Crippen MR) is 41.0 cm³/mol. The lowest BCUT2D eigenvalue weighted by molar-refractivity contribution is -0.0134. The third kappa shape index (κ3) is 2.24. The van der Waals surface area contributed by atoms with E-state index in [0.717, 1.165) is 18.4 Å². The minimum absolute atomic E-state index is 0.369. The SMILES string of the molecule is CC1CNCC(CBr)O1. The molecule has 0 amide bonds. The molecule has 2 atom stereocenters. The summed E-state index contributed by atoms with van der Waals surface area (Å²) in [6.45, 7) is 4.06. The third-order valence-corrected chi connectivity index (χ3v) is 2.12. The lowest BCUT2D eigenvalue weighted by Crippen LogP contribution is -2.44. The van der Waals surface area contributed by atoms with E-state index in [9.17, 15) is 0 Å². The van der Waals surface area contributed by atoms with Gasteiger partial charge in [0.1, 0.15) is 0 Å². The van der Waals surface area contributed by atoms with Crippen molar-refractivity contribution in [1.29, 1.82) is 0 Å². The van der Waals surface area contributed by atoms with Gasteiger partial charge in [0.05, 0.1) is 12.2 Å². The van der Waals surface area contributed by atoms with Gasteiger partial charge in [0, 0.05) is 18.4 Å². The van der Waals surface area contributed by atoms with Crippen LogP contribution in [0.2, 0.25) is 0 Å². The number of rotatable bonds is 1. The largest absolute Gasteiger partial charge is 0.372 e. The van der Waals surface area contributed by atoms with Crippen molar-refractivity contribution in [1.82, 2.24) is 5.32 Å². The molecular weight excluding hydrogens is 182 g/mol. The highest BCUT2D eigenvalue weighted by molar-refractivity contribution is 9.09. The van der Waals surface area contributed by atoms with Gasteiger partial charge in [0.25, 0.3) is 0 Å². The van der Waals surface area contributed by atoms with Crippen molar-refractivity contribution in [3.63, 3.8) is 0 Å². The second-order valence-electron chi connectivity index (χ2n) is 2.38. The number of morpholine rings is 1. The molecule has 3 heteroatoms. The number of halogens is 1. The van der Waals surface area contributed by atoms with Crippen LogP contribution < -0.4 is 5.32 Å². The molecule has 1 fully saturated rings. The zero-order chi connectivity index (χ0) is 6.69. The summed E-state index contributed by atoms with van der Waals surface area (Å²) in [4.78, 5) is 0. The molecule has 2 unspecified atom stereocenters. The predicted octanol–water partition coefficient (Wildman–Crippen LogP) is 0.758. The zero-order valence-electron chi connectivity index (χ0n) is 5.56. The molecule has 0 aliphatic carbocycles. The maximum atomic E-state index is 5.53. The van der Waals surface area contributed by atoms with E-state index in [1.54, 1.807) is 0 Å². The van der Waals surface area contributed by atoms with Crippen molar-refractivity contribution in [3.05, 3.63) is 0 Å². The van der Waals surface area contributed by atoms with Gasteiger partial charge in [-0.05, 0) is 6.92 Å². The number of hydrogen-bond donors (Lipinski definition) is 1. The Morgan fingerprint density at radius 1 is 1.67 bits per heavy atom. The fourth-order valence-corrected chi connectivity index (χ4v) is 1.34. The molecule has 1 heterocycles. The lowest BCUT2D eigenvalue weighted by atomic mass is 10.3. The molecule has 0 bridgehead atoms. The summed E-state index contributed by atoms with van der Waals surface area (Å²) in [6.07, 6.45) is 0.745. The summed E-state index contributed by atoms with van der Waals surface area (Å²) in [7, 11) is 0. The Bertz CT molecular complexity index is 89.1. The first kappa shape index (κ1) is 7.51. The molecule has 1 N–H and O–H groups in total. The van der Waals surface area contributed by atoms with Crippen LogP contribution in [-0.4, -0.2) is 30.6 Å². The number of nitrogens with one attached hydrogen (secondary N) is 1. The van der Waals surface area contributed by atoms with Gasteiger partial charge in [-0.25, -0.2) is 0 Å². The number of alkyl halides is 1. The average Bonchev–Trinajstić information content (AvgIpc) is 1.88. The number of ether oxygens (including phenoxy) is 1. The van der Waals surface area contributed by atoms with E-state index in [0.29, 0.717) is 12.2 Å². The molecule has 0 aromatic carbocycles. The summed E-state index contributed by atoms with van der Waals surface area (Å²) < 4.78 is 5.53. The lowest BCUT2D eigenvalue weighted by Gasteiger charge is -2.27. The Balaban J connectivity index is 2.23. The molecule has 0 saturated carbocycles. The van der Waals surface area contributed by atoms with Crippen molar-refractivity contribution >= 4 is 15.9 Å². The van der Waals surface area contributed by atoms with E-state index in [4.69, 9.17) is 4.74 Å². The van der Waals surface area contributed by atoms with Crippen molar-refractivity contribution in [2.45, 2.75) is 19.1 Å². The van der Waals surface area contributed by atoms with Gasteiger partial charge in [-0.3, -0.25) is 0 Å². The van der Waals surface area contributed by atoms with Crippen LogP contribution in [0.5, 0.6) is 0 Å². The summed E-state index contributed by atoms with van der Waals surface area (Å²) in [5.41, 5.74) is 0. The molecule has 0 spiro atoms. The van der Waals surface area contributed by atoms with Crippen LogP contribution in [0.15, 0.2) is 0 Å². The monoisotopic (exact) mass is 193 g/mol. The molecule has 9 heavy (non-hydrogen) atoms. The molecule has 1 aliphatic heterocycles. The van der Waals surface area contributed by atoms with Crippen molar-refractivity contribution in [2.75, 3.05) is 18.4 Å². The van der Waals surface area contributed by atoms with Crippen molar-refractivity contribution in [2.24, 2.45) is 0 Å². The van der Waals surface area contributed by atoms with Gasteiger partial charge in [-0.2, -0.15) is 0 Å². The first-order valence-corrected chi connectivity index (χ1v) is 4.37. The minimum Gasteiger partial charge on any atom is -0.372 e. The maximum Gasteiger partial charge on any atom is 0.0800 e. The van der Waals surface area contributed by atoms with Gasteiger partial charge in [0.15, 0.2) is 0 Å². The Morgan fingerprint density at radius 3 is 2.89 bits per heavy atom. The smallest absolute Gasteiger partial charge is 0.0800 e. The first-order valence-electron chi connectivity index (χ1n) is 3.25.